The molecule has 0 radical (unpaired) electrons. The molecule has 0 bridgehead atoms. The van der Waals surface area contributed by atoms with Crippen molar-refractivity contribution in [3.8, 4) is 0 Å². The Labute approximate surface area is 149 Å². The number of hydrogen-bond acceptors (Lipinski definition) is 2. The van der Waals surface area contributed by atoms with Gasteiger partial charge in [-0.1, -0.05) is 25.0 Å². The maximum Gasteiger partial charge on any atom is 0.193 e. The van der Waals surface area contributed by atoms with Gasteiger partial charge in [0.15, 0.2) is 5.96 Å². The van der Waals surface area contributed by atoms with Crippen LogP contribution in [0, 0.1) is 0 Å². The Morgan fingerprint density at radius 3 is 2.88 bits per heavy atom. The van der Waals surface area contributed by atoms with Gasteiger partial charge in [0.25, 0.3) is 0 Å². The number of hydrogen-bond donors (Lipinski definition) is 2. The molecule has 1 aromatic carbocycles. The molecular formula is C20H27N5. The van der Waals surface area contributed by atoms with E-state index < -0.39 is 0 Å². The maximum atomic E-state index is 6.12. The zero-order valence-electron chi connectivity index (χ0n) is 14.7. The van der Waals surface area contributed by atoms with Crippen LogP contribution in [-0.4, -0.2) is 15.7 Å². The summed E-state index contributed by atoms with van der Waals surface area (Å²) in [6.45, 7) is 0.521. The van der Waals surface area contributed by atoms with E-state index in [0.717, 1.165) is 17.8 Å². The summed E-state index contributed by atoms with van der Waals surface area (Å²) in [6.07, 6.45) is 12.0. The molecular weight excluding hydrogens is 310 g/mol. The molecule has 3 N–H and O–H groups in total. The number of fused-ring (bicyclic) bond motifs is 1. The van der Waals surface area contributed by atoms with Crippen molar-refractivity contribution in [2.75, 3.05) is 5.32 Å². The van der Waals surface area contributed by atoms with Gasteiger partial charge in [0.1, 0.15) is 0 Å². The molecule has 1 fully saturated rings. The number of anilines is 1. The lowest BCUT2D eigenvalue weighted by atomic mass is 9.90. The van der Waals surface area contributed by atoms with E-state index in [4.69, 9.17) is 5.73 Å². The second-order valence-electron chi connectivity index (χ2n) is 7.20. The minimum atomic E-state index is 0.467. The standard InChI is InChI=1S/C20H27N5/c21-20(23-19-11-5-7-15-6-1-4-10-18(15)19)22-14-16-12-13-25(24-16)17-8-2-3-9-17/h5,7,11-13,17H,1-4,6,8-10,14H2,(H3,21,22,23). The molecule has 0 spiro atoms. The Balaban J connectivity index is 1.40. The molecule has 5 heteroatoms. The summed E-state index contributed by atoms with van der Waals surface area (Å²) in [7, 11) is 0. The highest BCUT2D eigenvalue weighted by molar-refractivity contribution is 5.93. The van der Waals surface area contributed by atoms with Gasteiger partial charge in [-0.2, -0.15) is 5.10 Å². The lowest BCUT2D eigenvalue weighted by Gasteiger charge is -2.19. The monoisotopic (exact) mass is 337 g/mol. The second kappa shape index (κ2) is 7.30. The Kier molecular flexibility index (Phi) is 4.72. The number of aliphatic imine (C=N–C) groups is 1. The van der Waals surface area contributed by atoms with E-state index in [-0.39, 0.29) is 0 Å². The molecule has 5 nitrogen and oxygen atoms in total. The average molecular weight is 337 g/mol. The first-order valence-corrected chi connectivity index (χ1v) is 9.51. The predicted molar refractivity (Wildman–Crippen MR) is 102 cm³/mol. The van der Waals surface area contributed by atoms with E-state index in [2.05, 4.69) is 50.6 Å². The number of guanidine groups is 1. The number of nitrogens with two attached hydrogens (primary N) is 1. The minimum Gasteiger partial charge on any atom is -0.370 e. The molecule has 1 heterocycles. The Bertz CT molecular complexity index is 755. The van der Waals surface area contributed by atoms with Crippen molar-refractivity contribution in [2.24, 2.45) is 10.7 Å². The number of rotatable bonds is 4. The fourth-order valence-electron chi connectivity index (χ4n) is 4.08. The summed E-state index contributed by atoms with van der Waals surface area (Å²) in [6, 6.07) is 9.05. The van der Waals surface area contributed by atoms with Crippen molar-refractivity contribution < 1.29 is 0 Å². The van der Waals surface area contributed by atoms with E-state index in [0.29, 0.717) is 18.5 Å². The molecule has 25 heavy (non-hydrogen) atoms. The summed E-state index contributed by atoms with van der Waals surface area (Å²) >= 11 is 0. The molecule has 0 saturated heterocycles. The van der Waals surface area contributed by atoms with Gasteiger partial charge in [-0.15, -0.1) is 0 Å². The van der Waals surface area contributed by atoms with Crippen LogP contribution < -0.4 is 11.1 Å². The molecule has 132 valence electrons. The number of nitrogens with zero attached hydrogens (tertiary/aromatic N) is 3. The first kappa shape index (κ1) is 16.2. The van der Waals surface area contributed by atoms with Gasteiger partial charge < -0.3 is 11.1 Å². The SMILES string of the molecule is NC(=NCc1ccn(C2CCCC2)n1)Nc1cccc2c1CCCC2. The van der Waals surface area contributed by atoms with Crippen LogP contribution in [0.4, 0.5) is 5.69 Å². The third-order valence-electron chi connectivity index (χ3n) is 5.43. The van der Waals surface area contributed by atoms with E-state index >= 15 is 0 Å². The van der Waals surface area contributed by atoms with E-state index in [1.165, 1.54) is 56.1 Å². The van der Waals surface area contributed by atoms with E-state index in [1.807, 2.05) is 0 Å². The van der Waals surface area contributed by atoms with Crippen molar-refractivity contribution in [1.82, 2.24) is 9.78 Å². The highest BCUT2D eigenvalue weighted by Gasteiger charge is 2.17. The summed E-state index contributed by atoms with van der Waals surface area (Å²) in [5.74, 6) is 0.467. The van der Waals surface area contributed by atoms with Crippen molar-refractivity contribution in [3.05, 3.63) is 47.3 Å². The first-order chi connectivity index (χ1) is 12.3. The molecule has 2 aliphatic rings. The van der Waals surface area contributed by atoms with Gasteiger partial charge in [0, 0.05) is 11.9 Å². The zero-order chi connectivity index (χ0) is 17.1. The highest BCUT2D eigenvalue weighted by Crippen LogP contribution is 2.29. The lowest BCUT2D eigenvalue weighted by Crippen LogP contribution is -2.24. The van der Waals surface area contributed by atoms with Gasteiger partial charge in [-0.05, 0) is 61.8 Å². The molecule has 0 amide bonds. The van der Waals surface area contributed by atoms with E-state index in [9.17, 15) is 0 Å². The van der Waals surface area contributed by atoms with Crippen LogP contribution in [0.1, 0.15) is 61.4 Å². The van der Waals surface area contributed by atoms with Crippen molar-refractivity contribution in [1.29, 1.82) is 0 Å². The van der Waals surface area contributed by atoms with Crippen LogP contribution in [0.2, 0.25) is 0 Å². The Morgan fingerprint density at radius 1 is 1.16 bits per heavy atom. The van der Waals surface area contributed by atoms with Crippen LogP contribution in [0.25, 0.3) is 0 Å². The third-order valence-corrected chi connectivity index (χ3v) is 5.43. The fourth-order valence-corrected chi connectivity index (χ4v) is 4.08. The van der Waals surface area contributed by atoms with E-state index in [1.54, 1.807) is 0 Å². The summed E-state index contributed by atoms with van der Waals surface area (Å²) in [5.41, 5.74) is 11.0. The first-order valence-electron chi connectivity index (χ1n) is 9.51. The van der Waals surface area contributed by atoms with Crippen LogP contribution in [0.3, 0.4) is 0 Å². The maximum absolute atomic E-state index is 6.12. The third kappa shape index (κ3) is 3.70. The molecule has 1 aromatic heterocycles. The Hall–Kier alpha value is -2.30. The van der Waals surface area contributed by atoms with Crippen LogP contribution in [0.15, 0.2) is 35.5 Å². The minimum absolute atomic E-state index is 0.467. The highest BCUT2D eigenvalue weighted by atomic mass is 15.3. The van der Waals surface area contributed by atoms with Gasteiger partial charge >= 0.3 is 0 Å². The molecule has 2 aliphatic carbocycles. The van der Waals surface area contributed by atoms with Gasteiger partial charge in [0.2, 0.25) is 0 Å². The predicted octanol–water partition coefficient (Wildman–Crippen LogP) is 3.80. The van der Waals surface area contributed by atoms with Crippen molar-refractivity contribution in [3.63, 3.8) is 0 Å². The largest absolute Gasteiger partial charge is 0.370 e. The van der Waals surface area contributed by atoms with Gasteiger partial charge in [-0.3, -0.25) is 4.68 Å². The quantitative estimate of drug-likeness (QED) is 0.658. The molecule has 4 rings (SSSR count). The fraction of sp³-hybridized carbons (Fsp3) is 0.500. The van der Waals surface area contributed by atoms with Crippen LogP contribution in [0.5, 0.6) is 0 Å². The van der Waals surface area contributed by atoms with Crippen molar-refractivity contribution in [2.45, 2.75) is 64.0 Å². The van der Waals surface area contributed by atoms with Crippen LogP contribution >= 0.6 is 0 Å². The molecule has 0 aliphatic heterocycles. The average Bonchev–Trinajstić information content (AvgIpc) is 3.32. The smallest absolute Gasteiger partial charge is 0.193 e. The number of benzene rings is 1. The van der Waals surface area contributed by atoms with Crippen LogP contribution in [-0.2, 0) is 19.4 Å². The molecule has 0 unspecified atom stereocenters. The molecule has 0 atom stereocenters. The molecule has 1 saturated carbocycles. The number of nitrogens with one attached hydrogen (secondary N) is 1. The second-order valence-corrected chi connectivity index (χ2v) is 7.20. The Morgan fingerprint density at radius 2 is 2.00 bits per heavy atom. The summed E-state index contributed by atoms with van der Waals surface area (Å²) in [5, 5.41) is 7.96. The van der Waals surface area contributed by atoms with Gasteiger partial charge in [-0.25, -0.2) is 4.99 Å². The van der Waals surface area contributed by atoms with Gasteiger partial charge in [0.05, 0.1) is 18.3 Å². The summed E-state index contributed by atoms with van der Waals surface area (Å²) in [4.78, 5) is 4.49. The lowest BCUT2D eigenvalue weighted by molar-refractivity contribution is 0.463. The summed E-state index contributed by atoms with van der Waals surface area (Å²) < 4.78 is 2.11. The zero-order valence-corrected chi connectivity index (χ0v) is 14.7. The topological polar surface area (TPSA) is 68.2 Å². The number of aryl methyl sites for hydroxylation is 1. The molecule has 2 aromatic rings. The van der Waals surface area contributed by atoms with Crippen molar-refractivity contribution >= 4 is 11.6 Å². The number of aromatic nitrogens is 2. The normalized spacial score (nSPS) is 18.3.